The van der Waals surface area contributed by atoms with Crippen molar-refractivity contribution in [2.45, 2.75) is 74.7 Å². The molecular weight excluding hydrogens is 781 g/mol. The Morgan fingerprint density at radius 1 is 0.742 bits per heavy atom. The molecule has 0 radical (unpaired) electrons. The number of nitrogens with one attached hydrogen (secondary N) is 1. The molecule has 318 valence electrons. The number of carbonyl (C=O) groups is 4. The third-order valence-corrected chi connectivity index (χ3v) is 13.2. The minimum Gasteiger partial charge on any atom is -0.491 e. The predicted molar refractivity (Wildman–Crippen MR) is 234 cm³/mol. The first-order valence-corrected chi connectivity index (χ1v) is 21.8. The van der Waals surface area contributed by atoms with Gasteiger partial charge in [0.05, 0.1) is 36.3 Å². The first kappa shape index (κ1) is 41.1. The summed E-state index contributed by atoms with van der Waals surface area (Å²) >= 11 is 0. The van der Waals surface area contributed by atoms with E-state index in [0.717, 1.165) is 48.8 Å². The van der Waals surface area contributed by atoms with Crippen LogP contribution in [-0.4, -0.2) is 71.1 Å². The Morgan fingerprint density at radius 3 is 2.00 bits per heavy atom. The van der Waals surface area contributed by atoms with Crippen molar-refractivity contribution in [2.24, 2.45) is 5.92 Å². The number of amides is 4. The number of hydrogen-bond acceptors (Lipinski definition) is 8. The molecule has 2 N–H and O–H groups in total. The Labute approximate surface area is 362 Å². The van der Waals surface area contributed by atoms with Gasteiger partial charge in [0.15, 0.2) is 0 Å². The van der Waals surface area contributed by atoms with E-state index in [1.807, 2.05) is 127 Å². The third-order valence-electron chi connectivity index (χ3n) is 13.2. The molecule has 0 unspecified atom stereocenters. The fraction of sp³-hybridized carbons (Fsp3) is 0.333. The average molecular weight is 833 g/mol. The number of fused-ring (bicyclic) bond motifs is 3. The monoisotopic (exact) mass is 832 g/mol. The van der Waals surface area contributed by atoms with E-state index < -0.39 is 59.5 Å². The molecule has 5 aromatic rings. The van der Waals surface area contributed by atoms with E-state index >= 15 is 14.4 Å². The molecule has 3 fully saturated rings. The number of para-hydroxylation sites is 1. The van der Waals surface area contributed by atoms with Gasteiger partial charge in [0.1, 0.15) is 29.9 Å². The van der Waals surface area contributed by atoms with Crippen molar-refractivity contribution in [1.29, 1.82) is 0 Å². The Kier molecular flexibility index (Phi) is 11.7. The summed E-state index contributed by atoms with van der Waals surface area (Å²) in [4.78, 5) is 67.6. The number of carbonyl (C=O) groups excluding carboxylic acids is 4. The molecule has 0 aromatic heterocycles. The lowest BCUT2D eigenvalue weighted by molar-refractivity contribution is -0.179. The van der Waals surface area contributed by atoms with Crippen LogP contribution in [0.3, 0.4) is 0 Å². The van der Waals surface area contributed by atoms with Crippen LogP contribution in [-0.2, 0) is 24.5 Å². The van der Waals surface area contributed by atoms with E-state index in [0.29, 0.717) is 35.7 Å². The molecule has 4 amide bonds. The summed E-state index contributed by atoms with van der Waals surface area (Å²) in [6.07, 6.45) is 3.78. The number of aliphatic hydroxyl groups excluding tert-OH is 1. The smallest absolute Gasteiger partial charge is 0.329 e. The maximum Gasteiger partial charge on any atom is 0.329 e. The number of benzene rings is 5. The predicted octanol–water partition coefficient (Wildman–Crippen LogP) is 7.99. The van der Waals surface area contributed by atoms with Crippen LogP contribution in [0.2, 0.25) is 0 Å². The van der Waals surface area contributed by atoms with E-state index in [2.05, 4.69) is 10.2 Å². The van der Waals surface area contributed by atoms with Crippen LogP contribution in [0.25, 0.3) is 0 Å². The summed E-state index contributed by atoms with van der Waals surface area (Å²) < 4.78 is 12.4. The van der Waals surface area contributed by atoms with Crippen molar-refractivity contribution in [1.82, 2.24) is 15.1 Å². The number of ether oxygens (including phenoxy) is 2. The zero-order chi connectivity index (χ0) is 42.8. The van der Waals surface area contributed by atoms with Gasteiger partial charge in [-0.05, 0) is 65.8 Å². The van der Waals surface area contributed by atoms with Gasteiger partial charge in [-0.25, -0.2) is 9.69 Å². The fourth-order valence-electron chi connectivity index (χ4n) is 10.5. The maximum atomic E-state index is 16.4. The van der Waals surface area contributed by atoms with Crippen LogP contribution in [0, 0.1) is 5.92 Å². The van der Waals surface area contributed by atoms with E-state index in [1.54, 1.807) is 24.3 Å². The number of rotatable bonds is 9. The molecule has 11 nitrogen and oxygen atoms in total. The number of hydrogen-bond donors (Lipinski definition) is 2. The van der Waals surface area contributed by atoms with E-state index in [1.165, 1.54) is 4.90 Å². The summed E-state index contributed by atoms with van der Waals surface area (Å²) in [7, 11) is 0. The number of imide groups is 1. The van der Waals surface area contributed by atoms with Gasteiger partial charge in [-0.15, -0.1) is 0 Å². The van der Waals surface area contributed by atoms with Gasteiger partial charge >= 0.3 is 12.0 Å². The average Bonchev–Trinajstić information content (AvgIpc) is 3.75. The topological polar surface area (TPSA) is 129 Å². The number of nitrogens with zero attached hydrogens (tertiary/aromatic N) is 3. The van der Waals surface area contributed by atoms with Crippen molar-refractivity contribution in [2.75, 3.05) is 31.2 Å². The van der Waals surface area contributed by atoms with Crippen molar-refractivity contribution < 1.29 is 33.8 Å². The lowest BCUT2D eigenvalue weighted by atomic mass is 9.65. The van der Waals surface area contributed by atoms with Crippen LogP contribution in [0.4, 0.5) is 10.5 Å². The van der Waals surface area contributed by atoms with Gasteiger partial charge in [0.25, 0.3) is 0 Å². The number of likely N-dealkylation sites (tertiary alicyclic amines) is 1. The standard InChI is InChI=1S/C51H52N4O7/c1-34(35-18-8-5-9-19-35)52-50(60)54-41-25-15-14-24-40(41)51(49(54)59)42(47(57)53-30-16-3-2-4-17-31-53)44-48(58)62-45(37-22-12-7-13-23-37)43(36-20-10-6-11-21-36)55(44)46(51)38-26-28-39(29-27-38)61-33-32-56/h5-15,18-29,34,42-46,56H,2-4,16-17,30-33H2,1H3,(H,52,60)/t34-,42+,43+,44+,45-,46-,51+/m1/s1. The molecule has 1 spiro atoms. The molecule has 11 heteroatoms. The highest BCUT2D eigenvalue weighted by Gasteiger charge is 2.76. The van der Waals surface area contributed by atoms with E-state index in [4.69, 9.17) is 9.47 Å². The largest absolute Gasteiger partial charge is 0.491 e. The Morgan fingerprint density at radius 2 is 1.34 bits per heavy atom. The third kappa shape index (κ3) is 7.12. The Hall–Kier alpha value is -6.30. The van der Waals surface area contributed by atoms with Crippen LogP contribution in [0.1, 0.15) is 91.1 Å². The summed E-state index contributed by atoms with van der Waals surface area (Å²) in [5.41, 5.74) is 2.18. The molecule has 5 aromatic carbocycles. The highest BCUT2D eigenvalue weighted by Crippen LogP contribution is 2.66. The molecular formula is C51H52N4O7. The number of aliphatic hydroxyl groups is 1. The van der Waals surface area contributed by atoms with Crippen molar-refractivity contribution in [3.05, 3.63) is 167 Å². The van der Waals surface area contributed by atoms with Gasteiger partial charge in [0, 0.05) is 13.1 Å². The highest BCUT2D eigenvalue weighted by atomic mass is 16.6. The minimum atomic E-state index is -1.79. The number of urea groups is 1. The van der Waals surface area contributed by atoms with Crippen LogP contribution in [0.15, 0.2) is 140 Å². The summed E-state index contributed by atoms with van der Waals surface area (Å²) in [5.74, 6) is -2.28. The summed E-state index contributed by atoms with van der Waals surface area (Å²) in [6.45, 7) is 2.76. The fourth-order valence-corrected chi connectivity index (χ4v) is 10.5. The van der Waals surface area contributed by atoms with Crippen molar-refractivity contribution in [3.8, 4) is 5.75 Å². The summed E-state index contributed by atoms with van der Waals surface area (Å²) in [5, 5.41) is 12.6. The number of morpholine rings is 1. The summed E-state index contributed by atoms with van der Waals surface area (Å²) in [6, 6.07) is 39.5. The van der Waals surface area contributed by atoms with Gasteiger partial charge in [-0.2, -0.15) is 0 Å². The maximum absolute atomic E-state index is 16.4. The molecule has 3 saturated heterocycles. The SMILES string of the molecule is C[C@@H](NC(=O)N1C(=O)[C@@]2(c3ccccc31)[C@H](C(=O)N1CCCCCCC1)[C@H]1C(=O)O[C@H](c3ccccc3)[C@H](c3ccccc3)N1[C@@H]2c1ccc(OCCO)cc1)c1ccccc1. The van der Waals surface area contributed by atoms with Crippen molar-refractivity contribution >= 4 is 29.5 Å². The molecule has 0 bridgehead atoms. The molecule has 4 heterocycles. The highest BCUT2D eigenvalue weighted by molar-refractivity contribution is 6.24. The van der Waals surface area contributed by atoms with Gasteiger partial charge < -0.3 is 24.8 Å². The first-order chi connectivity index (χ1) is 30.3. The second kappa shape index (κ2) is 17.6. The molecule has 0 aliphatic carbocycles. The van der Waals surface area contributed by atoms with E-state index in [-0.39, 0.29) is 19.1 Å². The molecule has 0 saturated carbocycles. The lowest BCUT2D eigenvalue weighted by Gasteiger charge is -2.46. The lowest BCUT2D eigenvalue weighted by Crippen LogP contribution is -2.57. The Bertz CT molecular complexity index is 2390. The Balaban J connectivity index is 1.30. The van der Waals surface area contributed by atoms with E-state index in [9.17, 15) is 9.90 Å². The first-order valence-electron chi connectivity index (χ1n) is 21.8. The minimum absolute atomic E-state index is 0.0886. The number of cyclic esters (lactones) is 1. The number of anilines is 1. The van der Waals surface area contributed by atoms with Crippen LogP contribution in [0.5, 0.6) is 5.75 Å². The quantitative estimate of drug-likeness (QED) is 0.143. The molecule has 9 rings (SSSR count). The van der Waals surface area contributed by atoms with Crippen molar-refractivity contribution in [3.63, 3.8) is 0 Å². The second-order valence-electron chi connectivity index (χ2n) is 16.7. The molecule has 4 aliphatic rings. The van der Waals surface area contributed by atoms with Crippen LogP contribution < -0.4 is 15.0 Å². The van der Waals surface area contributed by atoms with Gasteiger partial charge in [-0.3, -0.25) is 19.3 Å². The number of esters is 1. The normalized spacial score (nSPS) is 25.3. The van der Waals surface area contributed by atoms with Gasteiger partial charge in [-0.1, -0.05) is 141 Å². The molecule has 62 heavy (non-hydrogen) atoms. The zero-order valence-electron chi connectivity index (χ0n) is 34.8. The zero-order valence-corrected chi connectivity index (χ0v) is 34.8. The molecule has 7 atom stereocenters. The van der Waals surface area contributed by atoms with Gasteiger partial charge in [0.2, 0.25) is 11.8 Å². The van der Waals surface area contributed by atoms with Crippen LogP contribution >= 0.6 is 0 Å². The molecule has 4 aliphatic heterocycles. The second-order valence-corrected chi connectivity index (χ2v) is 16.7.